The van der Waals surface area contributed by atoms with Gasteiger partial charge in [-0.25, -0.2) is 9.18 Å². The van der Waals surface area contributed by atoms with Gasteiger partial charge in [0, 0.05) is 10.6 Å². The standard InChI is InChI=1S/C8H6F3NO2S/c9-5-3-4(12)1-2-6(5)15-8(10,11)7(13)14/h1-3H,12H2,(H,13,14). The van der Waals surface area contributed by atoms with Gasteiger partial charge < -0.3 is 10.8 Å². The van der Waals surface area contributed by atoms with Crippen molar-refractivity contribution in [1.29, 1.82) is 0 Å². The van der Waals surface area contributed by atoms with Gasteiger partial charge in [0.1, 0.15) is 5.82 Å². The van der Waals surface area contributed by atoms with Crippen LogP contribution >= 0.6 is 11.8 Å². The summed E-state index contributed by atoms with van der Waals surface area (Å²) in [6.45, 7) is 0. The van der Waals surface area contributed by atoms with Crippen molar-refractivity contribution in [3.63, 3.8) is 0 Å². The number of carbonyl (C=O) groups is 1. The van der Waals surface area contributed by atoms with E-state index in [9.17, 15) is 18.0 Å². The summed E-state index contributed by atoms with van der Waals surface area (Å²) in [4.78, 5) is 9.62. The Labute approximate surface area is 87.1 Å². The van der Waals surface area contributed by atoms with Crippen LogP contribution in [0.25, 0.3) is 0 Å². The Morgan fingerprint density at radius 3 is 2.53 bits per heavy atom. The molecule has 82 valence electrons. The van der Waals surface area contributed by atoms with Gasteiger partial charge in [-0.1, -0.05) is 0 Å². The molecule has 1 rings (SSSR count). The van der Waals surface area contributed by atoms with E-state index in [0.29, 0.717) is 0 Å². The fourth-order valence-corrected chi connectivity index (χ4v) is 1.44. The number of anilines is 1. The average molecular weight is 237 g/mol. The lowest BCUT2D eigenvalue weighted by atomic mass is 10.3. The summed E-state index contributed by atoms with van der Waals surface area (Å²) >= 11 is -0.374. The summed E-state index contributed by atoms with van der Waals surface area (Å²) in [5, 5.41) is 4.07. The number of thioether (sulfide) groups is 1. The van der Waals surface area contributed by atoms with Gasteiger partial charge >= 0.3 is 11.2 Å². The van der Waals surface area contributed by atoms with Gasteiger partial charge in [-0.2, -0.15) is 8.78 Å². The Morgan fingerprint density at radius 1 is 1.47 bits per heavy atom. The van der Waals surface area contributed by atoms with E-state index in [0.717, 1.165) is 12.1 Å². The molecule has 3 N–H and O–H groups in total. The third kappa shape index (κ3) is 2.79. The molecule has 0 spiro atoms. The zero-order chi connectivity index (χ0) is 11.6. The minimum Gasteiger partial charge on any atom is -0.476 e. The Hall–Kier alpha value is -1.37. The minimum atomic E-state index is -4.06. The number of hydrogen-bond donors (Lipinski definition) is 2. The number of carboxylic acids is 1. The highest BCUT2D eigenvalue weighted by Crippen LogP contribution is 2.37. The van der Waals surface area contributed by atoms with Crippen LogP contribution in [0.1, 0.15) is 0 Å². The number of nitrogens with two attached hydrogens (primary N) is 1. The Kier molecular flexibility index (Phi) is 3.13. The van der Waals surface area contributed by atoms with E-state index in [2.05, 4.69) is 0 Å². The molecule has 7 heteroatoms. The maximum Gasteiger partial charge on any atom is 0.393 e. The third-order valence-corrected chi connectivity index (χ3v) is 2.43. The number of carboxylic acid groups (broad SMARTS) is 1. The van der Waals surface area contributed by atoms with Crippen molar-refractivity contribution < 1.29 is 23.1 Å². The summed E-state index contributed by atoms with van der Waals surface area (Å²) in [7, 11) is 0. The molecule has 0 saturated carbocycles. The maximum atomic E-state index is 13.0. The molecule has 0 heterocycles. The first-order valence-electron chi connectivity index (χ1n) is 3.68. The van der Waals surface area contributed by atoms with Crippen molar-refractivity contribution in [1.82, 2.24) is 0 Å². The molecule has 3 nitrogen and oxygen atoms in total. The first kappa shape index (κ1) is 11.7. The first-order valence-corrected chi connectivity index (χ1v) is 4.50. The zero-order valence-corrected chi connectivity index (χ0v) is 8.02. The number of hydrogen-bond acceptors (Lipinski definition) is 3. The summed E-state index contributed by atoms with van der Waals surface area (Å²) in [5.74, 6) is -3.29. The second-order valence-electron chi connectivity index (χ2n) is 2.61. The molecule has 0 bridgehead atoms. The molecule has 0 amide bonds. The van der Waals surface area contributed by atoms with Gasteiger partial charge in [-0.05, 0) is 30.0 Å². The van der Waals surface area contributed by atoms with E-state index in [1.54, 1.807) is 0 Å². The smallest absolute Gasteiger partial charge is 0.393 e. The number of aliphatic carboxylic acids is 1. The number of alkyl halides is 2. The summed E-state index contributed by atoms with van der Waals surface area (Å²) in [5.41, 5.74) is 5.28. The second kappa shape index (κ2) is 4.01. The van der Waals surface area contributed by atoms with Gasteiger partial charge in [0.25, 0.3) is 0 Å². The maximum absolute atomic E-state index is 13.0. The van der Waals surface area contributed by atoms with Crippen molar-refractivity contribution in [3.8, 4) is 0 Å². The molecule has 1 aromatic rings. The molecule has 0 aromatic heterocycles. The number of halogens is 3. The lowest BCUT2D eigenvalue weighted by molar-refractivity contribution is -0.152. The predicted molar refractivity (Wildman–Crippen MR) is 49.3 cm³/mol. The fourth-order valence-electron chi connectivity index (χ4n) is 0.782. The zero-order valence-electron chi connectivity index (χ0n) is 7.21. The molecule has 0 radical (unpaired) electrons. The van der Waals surface area contributed by atoms with Crippen LogP contribution in [-0.2, 0) is 4.79 Å². The van der Waals surface area contributed by atoms with Crippen molar-refractivity contribution >= 4 is 23.4 Å². The highest BCUT2D eigenvalue weighted by Gasteiger charge is 2.40. The number of rotatable bonds is 3. The van der Waals surface area contributed by atoms with Crippen LogP contribution in [-0.4, -0.2) is 16.3 Å². The van der Waals surface area contributed by atoms with E-state index in [1.807, 2.05) is 0 Å². The van der Waals surface area contributed by atoms with Gasteiger partial charge in [-0.15, -0.1) is 0 Å². The molecule has 0 aliphatic carbocycles. The van der Waals surface area contributed by atoms with Crippen LogP contribution in [0.3, 0.4) is 0 Å². The minimum absolute atomic E-state index is 0.0792. The Morgan fingerprint density at radius 2 is 2.07 bits per heavy atom. The van der Waals surface area contributed by atoms with Crippen molar-refractivity contribution in [3.05, 3.63) is 24.0 Å². The number of nitrogen functional groups attached to an aromatic ring is 1. The molecule has 0 atom stereocenters. The highest BCUT2D eigenvalue weighted by molar-refractivity contribution is 8.01. The molecule has 0 fully saturated rings. The lowest BCUT2D eigenvalue weighted by Crippen LogP contribution is -2.23. The van der Waals surface area contributed by atoms with Gasteiger partial charge in [-0.3, -0.25) is 0 Å². The highest BCUT2D eigenvalue weighted by atomic mass is 32.2. The molecular weight excluding hydrogens is 231 g/mol. The summed E-state index contributed by atoms with van der Waals surface area (Å²) in [6.07, 6.45) is 0. The molecule has 1 aromatic carbocycles. The first-order chi connectivity index (χ1) is 6.83. The predicted octanol–water partition coefficient (Wildman–Crippen LogP) is 2.18. The normalized spacial score (nSPS) is 11.4. The number of benzene rings is 1. The van der Waals surface area contributed by atoms with E-state index in [4.69, 9.17) is 10.8 Å². The Balaban J connectivity index is 2.95. The third-order valence-electron chi connectivity index (χ3n) is 1.44. The average Bonchev–Trinajstić information content (AvgIpc) is 2.09. The van der Waals surface area contributed by atoms with Crippen LogP contribution in [0.5, 0.6) is 0 Å². The van der Waals surface area contributed by atoms with Crippen LogP contribution in [0.2, 0.25) is 0 Å². The van der Waals surface area contributed by atoms with Crippen LogP contribution in [0.4, 0.5) is 18.9 Å². The quantitative estimate of drug-likeness (QED) is 0.624. The molecule has 0 aliphatic rings. The van der Waals surface area contributed by atoms with Crippen LogP contribution in [0, 0.1) is 5.82 Å². The van der Waals surface area contributed by atoms with Crippen molar-refractivity contribution in [2.24, 2.45) is 0 Å². The van der Waals surface area contributed by atoms with E-state index in [-0.39, 0.29) is 17.4 Å². The monoisotopic (exact) mass is 237 g/mol. The SMILES string of the molecule is Nc1ccc(SC(F)(F)C(=O)O)c(F)c1. The van der Waals surface area contributed by atoms with Crippen LogP contribution < -0.4 is 5.73 Å². The topological polar surface area (TPSA) is 63.3 Å². The summed E-state index contributed by atoms with van der Waals surface area (Å²) < 4.78 is 38.4. The molecule has 15 heavy (non-hydrogen) atoms. The van der Waals surface area contributed by atoms with E-state index < -0.39 is 21.9 Å². The van der Waals surface area contributed by atoms with Gasteiger partial charge in [0.2, 0.25) is 0 Å². The molecular formula is C8H6F3NO2S. The second-order valence-corrected chi connectivity index (χ2v) is 3.77. The van der Waals surface area contributed by atoms with Crippen LogP contribution in [0.15, 0.2) is 23.1 Å². The molecule has 0 saturated heterocycles. The van der Waals surface area contributed by atoms with Gasteiger partial charge in [0.15, 0.2) is 0 Å². The summed E-state index contributed by atoms with van der Waals surface area (Å²) in [6, 6.07) is 3.07. The molecule has 0 unspecified atom stereocenters. The van der Waals surface area contributed by atoms with Gasteiger partial charge in [0.05, 0.1) is 0 Å². The largest absolute Gasteiger partial charge is 0.476 e. The lowest BCUT2D eigenvalue weighted by Gasteiger charge is -2.10. The molecule has 0 aliphatic heterocycles. The Bertz CT molecular complexity index is 397. The van der Waals surface area contributed by atoms with Crippen molar-refractivity contribution in [2.45, 2.75) is 10.2 Å². The van der Waals surface area contributed by atoms with E-state index >= 15 is 0 Å². The van der Waals surface area contributed by atoms with E-state index in [1.165, 1.54) is 6.07 Å². The van der Waals surface area contributed by atoms with Crippen molar-refractivity contribution in [2.75, 3.05) is 5.73 Å². The fraction of sp³-hybridized carbons (Fsp3) is 0.125.